The maximum Gasteiger partial charge on any atom is 0.309 e. The van der Waals surface area contributed by atoms with Crippen LogP contribution >= 0.6 is 0 Å². The highest BCUT2D eigenvalue weighted by molar-refractivity contribution is 5.77. The van der Waals surface area contributed by atoms with Crippen molar-refractivity contribution in [3.05, 3.63) is 24.3 Å². The second-order valence-corrected chi connectivity index (χ2v) is 14.4. The molecular weight excluding hydrogens is 464 g/mol. The maximum atomic E-state index is 13.1. The highest BCUT2D eigenvalue weighted by atomic mass is 16.6. The molecule has 5 rings (SSSR count). The molecule has 1 heterocycles. The fourth-order valence-corrected chi connectivity index (χ4v) is 9.44. The molecule has 0 spiro atoms. The number of allylic oxidation sites excluding steroid dienone is 3. The van der Waals surface area contributed by atoms with Gasteiger partial charge in [0.15, 0.2) is 0 Å². The van der Waals surface area contributed by atoms with Crippen LogP contribution in [0, 0.1) is 45.8 Å². The van der Waals surface area contributed by atoms with Crippen molar-refractivity contribution in [1.82, 2.24) is 0 Å². The van der Waals surface area contributed by atoms with Gasteiger partial charge in [-0.05, 0) is 86.9 Å². The van der Waals surface area contributed by atoms with E-state index >= 15 is 0 Å². The van der Waals surface area contributed by atoms with E-state index in [2.05, 4.69) is 39.5 Å². The SMILES string of the molecule is C=C[C@@]1(C)CC[C@H]2C(=CC[C@@H]3[C@](C)(COC(=O)C[C@H]4OC(=O)[C@@H]5[C@@H](C)CC[C@@H]5[C@]4(C)O)CCC[C@@]32C)C1. The topological polar surface area (TPSA) is 72.8 Å². The number of ether oxygens (including phenoxy) is 2. The van der Waals surface area contributed by atoms with Gasteiger partial charge in [-0.2, -0.15) is 0 Å². The molecule has 0 aromatic heterocycles. The number of carbonyl (C=O) groups is 2. The quantitative estimate of drug-likeness (QED) is 0.341. The van der Waals surface area contributed by atoms with Gasteiger partial charge < -0.3 is 14.6 Å². The molecule has 0 amide bonds. The minimum absolute atomic E-state index is 0.0817. The van der Waals surface area contributed by atoms with E-state index in [4.69, 9.17) is 9.47 Å². The average Bonchev–Trinajstić information content (AvgIpc) is 3.24. The first-order valence-corrected chi connectivity index (χ1v) is 14.7. The van der Waals surface area contributed by atoms with Gasteiger partial charge in [-0.15, -0.1) is 6.58 Å². The van der Waals surface area contributed by atoms with E-state index in [-0.39, 0.29) is 52.4 Å². The maximum absolute atomic E-state index is 13.1. The van der Waals surface area contributed by atoms with Gasteiger partial charge in [-0.1, -0.05) is 51.8 Å². The molecule has 5 heteroatoms. The summed E-state index contributed by atoms with van der Waals surface area (Å²) in [6.07, 6.45) is 13.4. The van der Waals surface area contributed by atoms with E-state index in [1.807, 2.05) is 6.92 Å². The van der Waals surface area contributed by atoms with Gasteiger partial charge in [0.1, 0.15) is 11.7 Å². The number of fused-ring (bicyclic) bond motifs is 4. The monoisotopic (exact) mass is 512 g/mol. The average molecular weight is 513 g/mol. The van der Waals surface area contributed by atoms with Gasteiger partial charge in [0.05, 0.1) is 18.9 Å². The van der Waals surface area contributed by atoms with Gasteiger partial charge in [0.25, 0.3) is 0 Å². The van der Waals surface area contributed by atoms with Crippen LogP contribution in [0.15, 0.2) is 24.3 Å². The lowest BCUT2D eigenvalue weighted by molar-refractivity contribution is -0.207. The van der Waals surface area contributed by atoms with E-state index in [0.717, 1.165) is 38.5 Å². The highest BCUT2D eigenvalue weighted by Gasteiger charge is 2.58. The van der Waals surface area contributed by atoms with E-state index in [9.17, 15) is 14.7 Å². The van der Waals surface area contributed by atoms with Crippen molar-refractivity contribution < 1.29 is 24.2 Å². The fraction of sp³-hybridized carbons (Fsp3) is 0.812. The van der Waals surface area contributed by atoms with E-state index in [1.165, 1.54) is 19.3 Å². The Balaban J connectivity index is 1.25. The summed E-state index contributed by atoms with van der Waals surface area (Å²) in [5.41, 5.74) is 0.764. The van der Waals surface area contributed by atoms with Crippen LogP contribution in [0.4, 0.5) is 0 Å². The predicted molar refractivity (Wildman–Crippen MR) is 143 cm³/mol. The molecule has 3 saturated carbocycles. The molecule has 206 valence electrons. The molecular formula is C32H48O5. The van der Waals surface area contributed by atoms with Gasteiger partial charge >= 0.3 is 11.9 Å². The number of hydrogen-bond donors (Lipinski definition) is 1. The van der Waals surface area contributed by atoms with E-state index < -0.39 is 11.7 Å². The Morgan fingerprint density at radius 1 is 1.19 bits per heavy atom. The van der Waals surface area contributed by atoms with Crippen molar-refractivity contribution in [2.45, 2.75) is 111 Å². The Bertz CT molecular complexity index is 982. The zero-order chi connectivity index (χ0) is 26.8. The van der Waals surface area contributed by atoms with E-state index in [1.54, 1.807) is 12.5 Å². The molecule has 0 aromatic rings. The highest BCUT2D eigenvalue weighted by Crippen LogP contribution is 2.63. The van der Waals surface area contributed by atoms with Crippen molar-refractivity contribution >= 4 is 11.9 Å². The zero-order valence-corrected chi connectivity index (χ0v) is 23.7. The summed E-state index contributed by atoms with van der Waals surface area (Å²) >= 11 is 0. The summed E-state index contributed by atoms with van der Waals surface area (Å²) in [6.45, 7) is 15.4. The second kappa shape index (κ2) is 9.24. The van der Waals surface area contributed by atoms with Crippen LogP contribution in [-0.2, 0) is 19.1 Å². The third-order valence-corrected chi connectivity index (χ3v) is 11.9. The summed E-state index contributed by atoms with van der Waals surface area (Å²) in [5.74, 6) is 0.223. The normalized spacial score (nSPS) is 49.1. The standard InChI is InChI=1S/C32H48O5/c1-7-29(3)16-13-22-21(18-29)10-12-24-30(4,14-8-15-31(22,24)5)19-36-26(33)17-25-32(6,35)23-11-9-20(2)27(23)28(34)37-25/h7,10,20,22-25,27,35H,1,8-9,11-19H2,2-6H3/t20-,22-,23-,24+,25+,27+,29-,30-,31+,32-/m0/s1. The predicted octanol–water partition coefficient (Wildman–Crippen LogP) is 6.39. The molecule has 0 unspecified atom stereocenters. The lowest BCUT2D eigenvalue weighted by Crippen LogP contribution is -2.57. The summed E-state index contributed by atoms with van der Waals surface area (Å²) in [4.78, 5) is 25.8. The fourth-order valence-electron chi connectivity index (χ4n) is 9.44. The van der Waals surface area contributed by atoms with Crippen LogP contribution in [0.3, 0.4) is 0 Å². The molecule has 0 bridgehead atoms. The Kier molecular flexibility index (Phi) is 6.74. The molecule has 0 aromatic carbocycles. The molecule has 4 aliphatic carbocycles. The Morgan fingerprint density at radius 3 is 2.68 bits per heavy atom. The van der Waals surface area contributed by atoms with Crippen molar-refractivity contribution in [3.8, 4) is 0 Å². The van der Waals surface area contributed by atoms with Crippen LogP contribution in [0.5, 0.6) is 0 Å². The number of cyclic esters (lactones) is 1. The molecule has 10 atom stereocenters. The third-order valence-electron chi connectivity index (χ3n) is 11.9. The Morgan fingerprint density at radius 2 is 1.95 bits per heavy atom. The molecule has 1 saturated heterocycles. The van der Waals surface area contributed by atoms with Crippen molar-refractivity contribution in [1.29, 1.82) is 0 Å². The molecule has 1 aliphatic heterocycles. The van der Waals surface area contributed by atoms with Crippen molar-refractivity contribution in [2.75, 3.05) is 6.61 Å². The molecule has 37 heavy (non-hydrogen) atoms. The third kappa shape index (κ3) is 4.41. The first-order chi connectivity index (χ1) is 17.3. The molecule has 0 radical (unpaired) electrons. The summed E-state index contributed by atoms with van der Waals surface area (Å²) < 4.78 is 11.6. The van der Waals surface area contributed by atoms with E-state index in [0.29, 0.717) is 18.4 Å². The number of rotatable bonds is 5. The minimum Gasteiger partial charge on any atom is -0.465 e. The Labute approximate surface area is 223 Å². The first-order valence-electron chi connectivity index (χ1n) is 14.7. The van der Waals surface area contributed by atoms with Crippen LogP contribution in [-0.4, -0.2) is 35.4 Å². The Hall–Kier alpha value is -1.62. The number of carbonyl (C=O) groups excluding carboxylic acids is 2. The summed E-state index contributed by atoms with van der Waals surface area (Å²) in [5, 5.41) is 11.3. The molecule has 4 fully saturated rings. The molecule has 5 nitrogen and oxygen atoms in total. The van der Waals surface area contributed by atoms with Gasteiger partial charge in [0, 0.05) is 11.3 Å². The number of hydrogen-bond acceptors (Lipinski definition) is 5. The van der Waals surface area contributed by atoms with Gasteiger partial charge in [-0.25, -0.2) is 0 Å². The summed E-state index contributed by atoms with van der Waals surface area (Å²) in [7, 11) is 0. The molecule has 1 N–H and O–H groups in total. The number of esters is 2. The van der Waals surface area contributed by atoms with Crippen LogP contribution in [0.25, 0.3) is 0 Å². The minimum atomic E-state index is -1.21. The van der Waals surface area contributed by atoms with Crippen molar-refractivity contribution in [2.24, 2.45) is 45.8 Å². The van der Waals surface area contributed by atoms with Gasteiger partial charge in [-0.3, -0.25) is 9.59 Å². The smallest absolute Gasteiger partial charge is 0.309 e. The van der Waals surface area contributed by atoms with Crippen LogP contribution < -0.4 is 0 Å². The summed E-state index contributed by atoms with van der Waals surface area (Å²) in [6, 6.07) is 0. The first kappa shape index (κ1) is 27.0. The lowest BCUT2D eigenvalue weighted by atomic mass is 9.45. The van der Waals surface area contributed by atoms with Crippen LogP contribution in [0.1, 0.15) is 98.8 Å². The van der Waals surface area contributed by atoms with Gasteiger partial charge in [0.2, 0.25) is 0 Å². The zero-order valence-electron chi connectivity index (χ0n) is 23.7. The lowest BCUT2D eigenvalue weighted by Gasteiger charge is -2.59. The molecule has 5 aliphatic rings. The number of aliphatic hydroxyl groups is 1. The largest absolute Gasteiger partial charge is 0.465 e. The second-order valence-electron chi connectivity index (χ2n) is 14.4. The van der Waals surface area contributed by atoms with Crippen LogP contribution in [0.2, 0.25) is 0 Å². The van der Waals surface area contributed by atoms with Crippen molar-refractivity contribution in [3.63, 3.8) is 0 Å².